The highest BCUT2D eigenvalue weighted by atomic mass is 16.5. The molecule has 0 aliphatic rings. The third kappa shape index (κ3) is 4.00. The van der Waals surface area contributed by atoms with Gasteiger partial charge in [-0.05, 0) is 27.7 Å². The smallest absolute Gasteiger partial charge is 0.341 e. The van der Waals surface area contributed by atoms with E-state index in [9.17, 15) is 4.79 Å². The lowest BCUT2D eigenvalue weighted by Crippen LogP contribution is -2.14. The fourth-order valence-corrected chi connectivity index (χ4v) is 1.60. The number of ether oxygens (including phenoxy) is 2. The molecule has 0 bridgehead atoms. The molecule has 0 aliphatic heterocycles. The minimum atomic E-state index is -1.03. The van der Waals surface area contributed by atoms with Crippen LogP contribution in [0.1, 0.15) is 35.6 Å². The number of carboxylic acid groups (broad SMARTS) is 1. The number of rotatable bonds is 6. The van der Waals surface area contributed by atoms with Gasteiger partial charge in [0.15, 0.2) is 0 Å². The van der Waals surface area contributed by atoms with Crippen molar-refractivity contribution in [3.8, 4) is 5.75 Å². The number of hydrogen-bond donors (Lipinski definition) is 1. The van der Waals surface area contributed by atoms with Crippen molar-refractivity contribution in [3.63, 3.8) is 0 Å². The van der Waals surface area contributed by atoms with E-state index in [1.807, 2.05) is 13.8 Å². The summed E-state index contributed by atoms with van der Waals surface area (Å²) in [4.78, 5) is 15.3. The van der Waals surface area contributed by atoms with E-state index in [4.69, 9.17) is 14.6 Å². The van der Waals surface area contributed by atoms with Gasteiger partial charge in [0.1, 0.15) is 17.9 Å². The molecule has 0 saturated carbocycles. The second-order valence-electron chi connectivity index (χ2n) is 4.30. The summed E-state index contributed by atoms with van der Waals surface area (Å²) in [5, 5.41) is 9.13. The lowest BCUT2D eigenvalue weighted by Gasteiger charge is -2.13. The average molecular weight is 253 g/mol. The van der Waals surface area contributed by atoms with E-state index in [1.54, 1.807) is 19.9 Å². The molecular formula is C13H19NO4. The number of carbonyl (C=O) groups is 1. The van der Waals surface area contributed by atoms with Gasteiger partial charge in [-0.1, -0.05) is 0 Å². The van der Waals surface area contributed by atoms with Gasteiger partial charge >= 0.3 is 5.97 Å². The first-order chi connectivity index (χ1) is 8.41. The van der Waals surface area contributed by atoms with E-state index >= 15 is 0 Å². The predicted octanol–water partition coefficient (Wildman–Crippen LogP) is 2.20. The van der Waals surface area contributed by atoms with Crippen molar-refractivity contribution in [1.29, 1.82) is 0 Å². The number of aryl methyl sites for hydroxylation is 2. The van der Waals surface area contributed by atoms with Crippen LogP contribution in [0, 0.1) is 13.8 Å². The summed E-state index contributed by atoms with van der Waals surface area (Å²) in [7, 11) is 0. The van der Waals surface area contributed by atoms with Crippen molar-refractivity contribution >= 4 is 5.97 Å². The second-order valence-corrected chi connectivity index (χ2v) is 4.30. The van der Waals surface area contributed by atoms with Crippen molar-refractivity contribution in [2.24, 2.45) is 0 Å². The molecule has 0 unspecified atom stereocenters. The Morgan fingerprint density at radius 1 is 1.39 bits per heavy atom. The molecule has 1 aromatic heterocycles. The van der Waals surface area contributed by atoms with Gasteiger partial charge in [-0.2, -0.15) is 0 Å². The zero-order valence-electron chi connectivity index (χ0n) is 11.2. The van der Waals surface area contributed by atoms with Gasteiger partial charge in [0.2, 0.25) is 0 Å². The Morgan fingerprint density at radius 2 is 2.06 bits per heavy atom. The van der Waals surface area contributed by atoms with Crippen LogP contribution < -0.4 is 4.74 Å². The Hall–Kier alpha value is -1.62. The van der Waals surface area contributed by atoms with Crippen molar-refractivity contribution in [3.05, 3.63) is 23.0 Å². The third-order valence-corrected chi connectivity index (χ3v) is 2.30. The molecule has 1 aromatic rings. The van der Waals surface area contributed by atoms with Crippen molar-refractivity contribution in [2.75, 3.05) is 13.2 Å². The summed E-state index contributed by atoms with van der Waals surface area (Å²) >= 11 is 0. The topological polar surface area (TPSA) is 68.7 Å². The lowest BCUT2D eigenvalue weighted by molar-refractivity contribution is 0.0537. The highest BCUT2D eigenvalue weighted by Crippen LogP contribution is 2.22. The first-order valence-corrected chi connectivity index (χ1v) is 5.87. The third-order valence-electron chi connectivity index (χ3n) is 2.30. The highest BCUT2D eigenvalue weighted by Gasteiger charge is 2.16. The molecule has 18 heavy (non-hydrogen) atoms. The van der Waals surface area contributed by atoms with Crippen LogP contribution in [0.5, 0.6) is 5.75 Å². The maximum absolute atomic E-state index is 11.1. The van der Waals surface area contributed by atoms with Crippen molar-refractivity contribution < 1.29 is 19.4 Å². The standard InChI is InChI=1S/C13H19NO4/c1-8(2)17-5-6-18-11-7-9(3)14-10(4)12(11)13(15)16/h7-8H,5-6H2,1-4H3,(H,15,16). The number of aromatic nitrogens is 1. The molecule has 1 heterocycles. The van der Waals surface area contributed by atoms with Gasteiger partial charge in [-0.15, -0.1) is 0 Å². The maximum Gasteiger partial charge on any atom is 0.341 e. The van der Waals surface area contributed by atoms with Crippen LogP contribution >= 0.6 is 0 Å². The normalized spacial score (nSPS) is 10.7. The minimum Gasteiger partial charge on any atom is -0.490 e. The summed E-state index contributed by atoms with van der Waals surface area (Å²) in [5.74, 6) is -0.681. The first kappa shape index (κ1) is 14.4. The molecule has 0 saturated heterocycles. The van der Waals surface area contributed by atoms with Crippen molar-refractivity contribution in [2.45, 2.75) is 33.8 Å². The van der Waals surface area contributed by atoms with Crippen molar-refractivity contribution in [1.82, 2.24) is 4.98 Å². The SMILES string of the molecule is Cc1cc(OCCOC(C)C)c(C(=O)O)c(C)n1. The van der Waals surface area contributed by atoms with Crippen LogP contribution in [-0.4, -0.2) is 35.4 Å². The van der Waals surface area contributed by atoms with E-state index in [1.165, 1.54) is 0 Å². The predicted molar refractivity (Wildman–Crippen MR) is 67.3 cm³/mol. The Balaban J connectivity index is 2.77. The first-order valence-electron chi connectivity index (χ1n) is 5.87. The van der Waals surface area contributed by atoms with Crippen LogP contribution in [0.25, 0.3) is 0 Å². The van der Waals surface area contributed by atoms with Gasteiger partial charge in [0.05, 0.1) is 18.4 Å². The molecule has 1 rings (SSSR count). The average Bonchev–Trinajstić information content (AvgIpc) is 2.22. The summed E-state index contributed by atoms with van der Waals surface area (Å²) < 4.78 is 10.8. The summed E-state index contributed by atoms with van der Waals surface area (Å²) in [5.41, 5.74) is 1.31. The highest BCUT2D eigenvalue weighted by molar-refractivity contribution is 5.92. The van der Waals surface area contributed by atoms with E-state index in [0.29, 0.717) is 24.7 Å². The molecule has 5 nitrogen and oxygen atoms in total. The van der Waals surface area contributed by atoms with Crippen LogP contribution in [0.3, 0.4) is 0 Å². The molecule has 0 spiro atoms. The van der Waals surface area contributed by atoms with Gasteiger partial charge in [-0.25, -0.2) is 4.79 Å². The van der Waals surface area contributed by atoms with E-state index in [2.05, 4.69) is 4.98 Å². The molecule has 0 atom stereocenters. The number of hydrogen-bond acceptors (Lipinski definition) is 4. The number of pyridine rings is 1. The second kappa shape index (κ2) is 6.35. The van der Waals surface area contributed by atoms with Gasteiger partial charge in [-0.3, -0.25) is 4.98 Å². The molecule has 0 aliphatic carbocycles. The Labute approximate surface area is 107 Å². The zero-order chi connectivity index (χ0) is 13.7. The van der Waals surface area contributed by atoms with Crippen LogP contribution in [0.4, 0.5) is 0 Å². The quantitative estimate of drug-likeness (QED) is 0.787. The number of nitrogens with zero attached hydrogens (tertiary/aromatic N) is 1. The fourth-order valence-electron chi connectivity index (χ4n) is 1.60. The van der Waals surface area contributed by atoms with Crippen LogP contribution in [0.2, 0.25) is 0 Å². The van der Waals surface area contributed by atoms with Crippen LogP contribution in [0.15, 0.2) is 6.07 Å². The zero-order valence-corrected chi connectivity index (χ0v) is 11.2. The molecule has 1 N–H and O–H groups in total. The monoisotopic (exact) mass is 253 g/mol. The fraction of sp³-hybridized carbons (Fsp3) is 0.538. The Bertz CT molecular complexity index is 429. The molecule has 0 radical (unpaired) electrons. The van der Waals surface area contributed by atoms with E-state index in [0.717, 1.165) is 5.69 Å². The summed E-state index contributed by atoms with van der Waals surface area (Å²) in [6, 6.07) is 1.63. The van der Waals surface area contributed by atoms with E-state index in [-0.39, 0.29) is 11.7 Å². The molecule has 0 fully saturated rings. The maximum atomic E-state index is 11.1. The van der Waals surface area contributed by atoms with Gasteiger partial charge in [0, 0.05) is 11.8 Å². The molecular weight excluding hydrogens is 234 g/mol. The number of carboxylic acids is 1. The van der Waals surface area contributed by atoms with Gasteiger partial charge < -0.3 is 14.6 Å². The van der Waals surface area contributed by atoms with E-state index < -0.39 is 5.97 Å². The molecule has 100 valence electrons. The molecule has 0 amide bonds. The van der Waals surface area contributed by atoms with Crippen LogP contribution in [-0.2, 0) is 4.74 Å². The summed E-state index contributed by atoms with van der Waals surface area (Å²) in [6.07, 6.45) is 0.133. The van der Waals surface area contributed by atoms with Gasteiger partial charge in [0.25, 0.3) is 0 Å². The molecule has 5 heteroatoms. The molecule has 0 aromatic carbocycles. The largest absolute Gasteiger partial charge is 0.490 e. The summed E-state index contributed by atoms with van der Waals surface area (Å²) in [6.45, 7) is 8.08. The minimum absolute atomic E-state index is 0.116. The Kier molecular flexibility index (Phi) is 5.09. The number of aromatic carboxylic acids is 1. The Morgan fingerprint density at radius 3 is 2.61 bits per heavy atom. The lowest BCUT2D eigenvalue weighted by atomic mass is 10.1.